The Bertz CT molecular complexity index is 402. The minimum atomic E-state index is -2.92. The SMILES string of the molecule is CCCCCCCCCCCCCCCCCC[PH](O)(O)CCCCCCCCCCCCCCCCCC. The van der Waals surface area contributed by atoms with Crippen molar-refractivity contribution in [1.29, 1.82) is 0 Å². The van der Waals surface area contributed by atoms with Gasteiger partial charge in [-0.25, -0.2) is 0 Å². The molecule has 0 rings (SSSR count). The van der Waals surface area contributed by atoms with Gasteiger partial charge in [0.2, 0.25) is 0 Å². The van der Waals surface area contributed by atoms with Crippen molar-refractivity contribution in [2.75, 3.05) is 12.3 Å². The molecule has 0 aromatic rings. The first kappa shape index (κ1) is 39.4. The Hall–Kier alpha value is 0.350. The molecule has 0 aliphatic rings. The molecule has 39 heavy (non-hydrogen) atoms. The van der Waals surface area contributed by atoms with Crippen LogP contribution in [0.3, 0.4) is 0 Å². The van der Waals surface area contributed by atoms with E-state index in [1.165, 1.54) is 193 Å². The van der Waals surface area contributed by atoms with Crippen LogP contribution in [0.1, 0.15) is 219 Å². The number of unbranched alkanes of at least 4 members (excludes halogenated alkanes) is 30. The molecule has 238 valence electrons. The summed E-state index contributed by atoms with van der Waals surface area (Å²) in [7, 11) is -2.92. The molecular formula is C36H77O2P. The molecule has 0 aliphatic heterocycles. The van der Waals surface area contributed by atoms with Crippen LogP contribution >= 0.6 is 7.72 Å². The van der Waals surface area contributed by atoms with Crippen LogP contribution in [-0.2, 0) is 0 Å². The summed E-state index contributed by atoms with van der Waals surface area (Å²) >= 11 is 0. The Kier molecular flexibility index (Phi) is 33.2. The number of hydrogen-bond acceptors (Lipinski definition) is 2. The zero-order chi connectivity index (χ0) is 28.5. The van der Waals surface area contributed by atoms with Gasteiger partial charge in [-0.1, -0.05) is 78.1 Å². The molecule has 3 heteroatoms. The standard InChI is InChI=1S/C36H77O2P/c1-3-5-7-9-11-13-15-17-19-21-23-25-27-29-31-33-35-39(37,38)36-34-32-30-28-26-24-22-20-18-16-14-12-10-8-6-4-2/h37-39H,3-36H2,1-2H3. The first-order valence-electron chi connectivity index (χ1n) is 18.6. The summed E-state index contributed by atoms with van der Waals surface area (Å²) in [6.45, 7) is 4.58. The van der Waals surface area contributed by atoms with E-state index in [9.17, 15) is 9.79 Å². The van der Waals surface area contributed by atoms with Gasteiger partial charge >= 0.3 is 171 Å². The van der Waals surface area contributed by atoms with E-state index in [0.717, 1.165) is 12.8 Å². The van der Waals surface area contributed by atoms with Gasteiger partial charge < -0.3 is 0 Å². The minimum Gasteiger partial charge on any atom is -0.0654 e. The summed E-state index contributed by atoms with van der Waals surface area (Å²) in [6, 6.07) is 0. The van der Waals surface area contributed by atoms with Gasteiger partial charge in [-0.3, -0.25) is 0 Å². The van der Waals surface area contributed by atoms with Gasteiger partial charge in [0.05, 0.1) is 0 Å². The predicted molar refractivity (Wildman–Crippen MR) is 182 cm³/mol. The van der Waals surface area contributed by atoms with Crippen LogP contribution < -0.4 is 0 Å². The summed E-state index contributed by atoms with van der Waals surface area (Å²) in [5, 5.41) is 0. The van der Waals surface area contributed by atoms with Crippen molar-refractivity contribution in [3.8, 4) is 0 Å². The van der Waals surface area contributed by atoms with E-state index in [-0.39, 0.29) is 0 Å². The maximum atomic E-state index is 10.4. The molecule has 0 saturated carbocycles. The van der Waals surface area contributed by atoms with E-state index in [0.29, 0.717) is 12.3 Å². The minimum absolute atomic E-state index is 0.699. The first-order chi connectivity index (χ1) is 19.1. The third-order valence-corrected chi connectivity index (χ3v) is 11.2. The number of rotatable bonds is 34. The fourth-order valence-corrected chi connectivity index (χ4v) is 7.92. The topological polar surface area (TPSA) is 40.5 Å². The molecule has 0 fully saturated rings. The molecule has 0 aliphatic carbocycles. The first-order valence-corrected chi connectivity index (χ1v) is 20.9. The summed E-state index contributed by atoms with van der Waals surface area (Å²) < 4.78 is 0. The quantitative estimate of drug-likeness (QED) is 0.0594. The molecule has 0 aromatic heterocycles. The van der Waals surface area contributed by atoms with Crippen molar-refractivity contribution >= 4 is 7.72 Å². The Morgan fingerprint density at radius 2 is 0.410 bits per heavy atom. The molecule has 0 aromatic carbocycles. The van der Waals surface area contributed by atoms with Crippen LogP contribution in [0.4, 0.5) is 0 Å². The van der Waals surface area contributed by atoms with Gasteiger partial charge in [-0.05, 0) is 0 Å². The van der Waals surface area contributed by atoms with E-state index in [1.807, 2.05) is 0 Å². The number of hydrogen-bond donors (Lipinski definition) is 2. The zero-order valence-corrected chi connectivity index (χ0v) is 28.4. The van der Waals surface area contributed by atoms with Gasteiger partial charge in [-0.2, -0.15) is 0 Å². The average Bonchev–Trinajstić information content (AvgIpc) is 2.92. The van der Waals surface area contributed by atoms with E-state index in [4.69, 9.17) is 0 Å². The van der Waals surface area contributed by atoms with Crippen molar-refractivity contribution in [2.24, 2.45) is 0 Å². The molecule has 0 radical (unpaired) electrons. The normalized spacial score (nSPS) is 12.4. The Labute approximate surface area is 248 Å². The predicted octanol–water partition coefficient (Wildman–Crippen LogP) is 13.1. The zero-order valence-electron chi connectivity index (χ0n) is 27.4. The van der Waals surface area contributed by atoms with E-state index >= 15 is 0 Å². The average molecular weight is 573 g/mol. The molecule has 0 amide bonds. The Morgan fingerprint density at radius 1 is 0.256 bits per heavy atom. The van der Waals surface area contributed by atoms with Crippen molar-refractivity contribution in [2.45, 2.75) is 219 Å². The van der Waals surface area contributed by atoms with Gasteiger partial charge in [0.15, 0.2) is 0 Å². The Balaban J connectivity index is 3.26. The van der Waals surface area contributed by atoms with Crippen molar-refractivity contribution in [3.63, 3.8) is 0 Å². The molecule has 0 heterocycles. The fourth-order valence-electron chi connectivity index (χ4n) is 6.04. The molecule has 0 bridgehead atoms. The Morgan fingerprint density at radius 3 is 0.590 bits per heavy atom. The third kappa shape index (κ3) is 34.5. The van der Waals surface area contributed by atoms with Crippen molar-refractivity contribution in [1.82, 2.24) is 0 Å². The second kappa shape index (κ2) is 32.9. The van der Waals surface area contributed by atoms with Gasteiger partial charge in [-0.15, -0.1) is 0 Å². The molecule has 0 saturated heterocycles. The molecule has 0 spiro atoms. The summed E-state index contributed by atoms with van der Waals surface area (Å²) in [5.74, 6) is 0. The van der Waals surface area contributed by atoms with Crippen LogP contribution in [-0.4, -0.2) is 22.1 Å². The molecule has 2 N–H and O–H groups in total. The molecule has 0 atom stereocenters. The van der Waals surface area contributed by atoms with E-state index < -0.39 is 7.72 Å². The monoisotopic (exact) mass is 573 g/mol. The van der Waals surface area contributed by atoms with Gasteiger partial charge in [0.1, 0.15) is 0 Å². The fraction of sp³-hybridized carbons (Fsp3) is 1.00. The van der Waals surface area contributed by atoms with E-state index in [1.54, 1.807) is 0 Å². The van der Waals surface area contributed by atoms with Gasteiger partial charge in [0.25, 0.3) is 0 Å². The maximum absolute atomic E-state index is 10.4. The van der Waals surface area contributed by atoms with Crippen LogP contribution in [0.2, 0.25) is 0 Å². The third-order valence-electron chi connectivity index (χ3n) is 8.86. The molecule has 0 unspecified atom stereocenters. The van der Waals surface area contributed by atoms with Crippen LogP contribution in [0, 0.1) is 0 Å². The van der Waals surface area contributed by atoms with Crippen LogP contribution in [0.5, 0.6) is 0 Å². The van der Waals surface area contributed by atoms with Crippen LogP contribution in [0.25, 0.3) is 0 Å². The summed E-state index contributed by atoms with van der Waals surface area (Å²) in [5.41, 5.74) is 0. The van der Waals surface area contributed by atoms with Gasteiger partial charge in [0, 0.05) is 0 Å². The second-order valence-electron chi connectivity index (χ2n) is 13.1. The summed E-state index contributed by atoms with van der Waals surface area (Å²) in [6.07, 6.45) is 45.2. The smallest absolute Gasteiger partial charge is 0.0654 e. The van der Waals surface area contributed by atoms with Crippen LogP contribution in [0.15, 0.2) is 0 Å². The van der Waals surface area contributed by atoms with Crippen molar-refractivity contribution in [3.05, 3.63) is 0 Å². The molecular weight excluding hydrogens is 495 g/mol. The summed E-state index contributed by atoms with van der Waals surface area (Å²) in [4.78, 5) is 20.9. The second-order valence-corrected chi connectivity index (χ2v) is 16.1. The van der Waals surface area contributed by atoms with E-state index in [2.05, 4.69) is 13.8 Å². The molecule has 2 nitrogen and oxygen atoms in total. The van der Waals surface area contributed by atoms with Crippen molar-refractivity contribution < 1.29 is 9.79 Å².